The Balaban J connectivity index is 0.937. The van der Waals surface area contributed by atoms with Crippen molar-refractivity contribution in [1.82, 2.24) is 18.9 Å². The molecule has 0 saturated carbocycles. The maximum Gasteiger partial charge on any atom is 0.221 e. The van der Waals surface area contributed by atoms with Gasteiger partial charge in [-0.2, -0.15) is 0 Å². The van der Waals surface area contributed by atoms with Gasteiger partial charge in [0, 0.05) is 62.8 Å². The topological polar surface area (TPSA) is 77.1 Å². The number of furan rings is 2. The summed E-state index contributed by atoms with van der Waals surface area (Å²) >= 11 is 0. The van der Waals surface area contributed by atoms with Crippen LogP contribution in [0.15, 0.2) is 227 Å². The maximum absolute atomic E-state index is 7.16. The SMILES string of the molecule is c1ccc(-c2cccc(-c3ccccc3)c2N2CN(c3cc(Oc4ccc5c(c4)n(-c4ccccn4)c4nc6ccccc6n54)c4oc5cc6oc7ccccc7c6cc5c4c3)c3ccccc32)cc1. The van der Waals surface area contributed by atoms with E-state index in [-0.39, 0.29) is 0 Å². The van der Waals surface area contributed by atoms with Gasteiger partial charge in [0.1, 0.15) is 35.0 Å². The Labute approximate surface area is 399 Å². The molecule has 0 fully saturated rings. The van der Waals surface area contributed by atoms with Gasteiger partial charge in [0.25, 0.3) is 0 Å². The zero-order valence-corrected chi connectivity index (χ0v) is 37.4. The molecule has 5 aromatic heterocycles. The van der Waals surface area contributed by atoms with Crippen molar-refractivity contribution in [2.45, 2.75) is 0 Å². The van der Waals surface area contributed by atoms with Crippen LogP contribution >= 0.6 is 0 Å². The molecule has 1 aliphatic heterocycles. The summed E-state index contributed by atoms with van der Waals surface area (Å²) in [5.41, 5.74) is 15.7. The summed E-state index contributed by atoms with van der Waals surface area (Å²) in [6.45, 7) is 0.539. The average molecular weight is 903 g/mol. The predicted octanol–water partition coefficient (Wildman–Crippen LogP) is 16.0. The van der Waals surface area contributed by atoms with Crippen molar-refractivity contribution in [2.75, 3.05) is 16.5 Å². The molecule has 1 aliphatic rings. The van der Waals surface area contributed by atoms with Gasteiger partial charge < -0.3 is 23.4 Å². The molecule has 0 radical (unpaired) electrons. The molecule has 0 unspecified atom stereocenters. The number of hydrogen-bond donors (Lipinski definition) is 0. The summed E-state index contributed by atoms with van der Waals surface area (Å²) in [6, 6.07) is 73.8. The lowest BCUT2D eigenvalue weighted by Crippen LogP contribution is -2.25. The molecule has 0 spiro atoms. The largest absolute Gasteiger partial charge is 0.456 e. The Morgan fingerprint density at radius 1 is 0.471 bits per heavy atom. The van der Waals surface area contributed by atoms with Crippen molar-refractivity contribution in [3.63, 3.8) is 0 Å². The fourth-order valence-electron chi connectivity index (χ4n) is 10.7. The van der Waals surface area contributed by atoms with Crippen molar-refractivity contribution in [2.24, 2.45) is 0 Å². The Morgan fingerprint density at radius 3 is 1.97 bits per heavy atom. The zero-order chi connectivity index (χ0) is 45.9. The molecular weight excluding hydrogens is 865 g/mol. The van der Waals surface area contributed by atoms with E-state index in [4.69, 9.17) is 23.5 Å². The number of rotatable bonds is 7. The molecule has 70 heavy (non-hydrogen) atoms. The molecule has 0 amide bonds. The number of aromatic nitrogens is 4. The first kappa shape index (κ1) is 38.5. The van der Waals surface area contributed by atoms with Crippen LogP contribution in [0.4, 0.5) is 22.7 Å². The molecule has 0 atom stereocenters. The normalized spacial score (nSPS) is 12.7. The number of pyridine rings is 1. The minimum atomic E-state index is 0.539. The van der Waals surface area contributed by atoms with Crippen LogP contribution in [0.5, 0.6) is 11.5 Å². The van der Waals surface area contributed by atoms with Gasteiger partial charge in [-0.25, -0.2) is 9.97 Å². The number of anilines is 4. The fourth-order valence-corrected chi connectivity index (χ4v) is 10.7. The van der Waals surface area contributed by atoms with E-state index in [0.29, 0.717) is 29.3 Å². The highest BCUT2D eigenvalue weighted by Crippen LogP contribution is 2.52. The molecule has 0 bridgehead atoms. The van der Waals surface area contributed by atoms with Crippen LogP contribution < -0.4 is 14.5 Å². The average Bonchev–Trinajstić information content (AvgIpc) is 4.24. The van der Waals surface area contributed by atoms with Gasteiger partial charge in [-0.1, -0.05) is 127 Å². The Bertz CT molecular complexity index is 4320. The highest BCUT2D eigenvalue weighted by atomic mass is 16.5. The third-order valence-electron chi connectivity index (χ3n) is 13.8. The summed E-state index contributed by atoms with van der Waals surface area (Å²) in [6.07, 6.45) is 1.81. The van der Waals surface area contributed by atoms with Crippen molar-refractivity contribution in [3.05, 3.63) is 219 Å². The van der Waals surface area contributed by atoms with Crippen molar-refractivity contribution in [1.29, 1.82) is 0 Å². The molecule has 6 heterocycles. The second-order valence-corrected chi connectivity index (χ2v) is 17.8. The summed E-state index contributed by atoms with van der Waals surface area (Å²) < 4.78 is 24.7. The molecule has 9 heteroatoms. The van der Waals surface area contributed by atoms with E-state index >= 15 is 0 Å². The number of hydrogen-bond acceptors (Lipinski definition) is 7. The molecule has 15 rings (SSSR count). The van der Waals surface area contributed by atoms with Gasteiger partial charge in [-0.05, 0) is 77.9 Å². The predicted molar refractivity (Wildman–Crippen MR) is 281 cm³/mol. The number of nitrogens with zero attached hydrogens (tertiary/aromatic N) is 6. The first-order valence-electron chi connectivity index (χ1n) is 23.4. The van der Waals surface area contributed by atoms with Crippen LogP contribution in [-0.2, 0) is 0 Å². The summed E-state index contributed by atoms with van der Waals surface area (Å²) in [5, 5.41) is 3.99. The van der Waals surface area contributed by atoms with Crippen LogP contribution in [0.2, 0.25) is 0 Å². The number of imidazole rings is 2. The number of fused-ring (bicyclic) bond motifs is 12. The molecule has 0 aliphatic carbocycles. The van der Waals surface area contributed by atoms with Crippen molar-refractivity contribution in [3.8, 4) is 39.6 Å². The monoisotopic (exact) mass is 902 g/mol. The first-order valence-corrected chi connectivity index (χ1v) is 23.4. The standard InChI is InChI=1S/C61H38N6O3/c1-3-16-38(17-4-1)42-21-15-22-43(39-18-5-2-6-19-39)59(42)65-37-64(50-25-10-11-26-51(50)65)40-32-47-46-35-45-44-20-7-12-27-54(44)69-55(45)36-56(46)70-60(47)57(33-40)68-41-29-30-52-53(34-41)67(58-28-13-14-31-62-58)61-63-48-23-8-9-24-49(48)66(52)61/h1-36H,37H2. The van der Waals surface area contributed by atoms with Crippen molar-refractivity contribution >= 4 is 94.5 Å². The van der Waals surface area contributed by atoms with Crippen LogP contribution in [0.3, 0.4) is 0 Å². The number of ether oxygens (including phenoxy) is 1. The fraction of sp³-hybridized carbons (Fsp3) is 0.0164. The highest BCUT2D eigenvalue weighted by Gasteiger charge is 2.32. The van der Waals surface area contributed by atoms with E-state index in [1.807, 2.05) is 66.9 Å². The molecule has 0 N–H and O–H groups in total. The van der Waals surface area contributed by atoms with Gasteiger partial charge in [0.15, 0.2) is 11.3 Å². The summed E-state index contributed by atoms with van der Waals surface area (Å²) in [4.78, 5) is 14.7. The van der Waals surface area contributed by atoms with Crippen LogP contribution in [0.25, 0.3) is 99.8 Å². The van der Waals surface area contributed by atoms with E-state index < -0.39 is 0 Å². The van der Waals surface area contributed by atoms with E-state index in [1.54, 1.807) is 0 Å². The Morgan fingerprint density at radius 2 is 1.17 bits per heavy atom. The molecular formula is C61H38N6O3. The highest BCUT2D eigenvalue weighted by molar-refractivity contribution is 6.16. The third kappa shape index (κ3) is 5.78. The van der Waals surface area contributed by atoms with E-state index in [2.05, 4.69) is 170 Å². The van der Waals surface area contributed by atoms with Gasteiger partial charge in [-0.3, -0.25) is 8.97 Å². The summed E-state index contributed by atoms with van der Waals surface area (Å²) in [7, 11) is 0. The van der Waals surface area contributed by atoms with E-state index in [1.165, 1.54) is 0 Å². The van der Waals surface area contributed by atoms with E-state index in [0.717, 1.165) is 111 Å². The molecule has 0 saturated heterocycles. The van der Waals surface area contributed by atoms with Crippen LogP contribution in [0, 0.1) is 0 Å². The molecule has 9 aromatic carbocycles. The zero-order valence-electron chi connectivity index (χ0n) is 37.4. The molecule has 330 valence electrons. The van der Waals surface area contributed by atoms with Crippen LogP contribution in [0.1, 0.15) is 0 Å². The van der Waals surface area contributed by atoms with Crippen molar-refractivity contribution < 1.29 is 13.6 Å². The van der Waals surface area contributed by atoms with E-state index in [9.17, 15) is 0 Å². The van der Waals surface area contributed by atoms with Gasteiger partial charge in [0.2, 0.25) is 5.78 Å². The lowest BCUT2D eigenvalue weighted by Gasteiger charge is -2.27. The third-order valence-corrected chi connectivity index (χ3v) is 13.8. The Kier molecular flexibility index (Phi) is 8.22. The molecule has 9 nitrogen and oxygen atoms in total. The van der Waals surface area contributed by atoms with Gasteiger partial charge >= 0.3 is 0 Å². The molecule has 14 aromatic rings. The quantitative estimate of drug-likeness (QED) is 0.158. The first-order chi connectivity index (χ1) is 34.7. The lowest BCUT2D eigenvalue weighted by atomic mass is 9.95. The minimum absolute atomic E-state index is 0.539. The van der Waals surface area contributed by atoms with Crippen LogP contribution in [-0.4, -0.2) is 25.6 Å². The number of benzene rings is 9. The van der Waals surface area contributed by atoms with Gasteiger partial charge in [-0.15, -0.1) is 0 Å². The minimum Gasteiger partial charge on any atom is -0.456 e. The maximum atomic E-state index is 7.16. The second-order valence-electron chi connectivity index (χ2n) is 17.8. The Hall–Kier alpha value is -9.60. The smallest absolute Gasteiger partial charge is 0.221 e. The number of para-hydroxylation sites is 6. The lowest BCUT2D eigenvalue weighted by molar-refractivity contribution is 0.477. The second kappa shape index (κ2) is 15.0. The summed E-state index contributed by atoms with van der Waals surface area (Å²) in [5.74, 6) is 2.75. The van der Waals surface area contributed by atoms with Gasteiger partial charge in [0.05, 0.1) is 39.1 Å².